The van der Waals surface area contributed by atoms with Gasteiger partial charge in [0.05, 0.1) is 37.7 Å². The molecule has 5 rings (SSSR count). The van der Waals surface area contributed by atoms with Crippen molar-refractivity contribution < 1.29 is 19.1 Å². The summed E-state index contributed by atoms with van der Waals surface area (Å²) in [7, 11) is 1.60. The molecule has 2 aliphatic rings. The van der Waals surface area contributed by atoms with Crippen molar-refractivity contribution in [1.29, 1.82) is 0 Å². The van der Waals surface area contributed by atoms with Crippen LogP contribution in [-0.2, 0) is 9.57 Å². The molecule has 1 unspecified atom stereocenters. The summed E-state index contributed by atoms with van der Waals surface area (Å²) < 4.78 is 11.1. The average molecular weight is 498 g/mol. The van der Waals surface area contributed by atoms with Gasteiger partial charge in [0.1, 0.15) is 22.5 Å². The zero-order valence-electron chi connectivity index (χ0n) is 19.8. The van der Waals surface area contributed by atoms with Crippen molar-refractivity contribution in [3.8, 4) is 5.75 Å². The summed E-state index contributed by atoms with van der Waals surface area (Å²) in [6, 6.07) is 5.43. The molecular formula is C23H27N7O4S. The van der Waals surface area contributed by atoms with Gasteiger partial charge < -0.3 is 24.9 Å². The lowest BCUT2D eigenvalue weighted by molar-refractivity contribution is -0.0966. The fraction of sp³-hybridized carbons (Fsp3) is 0.391. The molecule has 0 aliphatic carbocycles. The molecule has 1 amide bonds. The SMILES string of the molecule is COc1ccc(NC(=O)ON2CCN(c3nc(N)nc4scc(C5=NCC(C)O5)c34)CC2)c(C)c1. The molecular weight excluding hydrogens is 470 g/mol. The highest BCUT2D eigenvalue weighted by Crippen LogP contribution is 2.35. The maximum absolute atomic E-state index is 12.5. The second-order valence-corrected chi connectivity index (χ2v) is 9.27. The Balaban J connectivity index is 1.26. The van der Waals surface area contributed by atoms with Crippen LogP contribution in [0, 0.1) is 6.92 Å². The summed E-state index contributed by atoms with van der Waals surface area (Å²) in [6.07, 6.45) is -0.488. The smallest absolute Gasteiger partial charge is 0.430 e. The number of rotatable bonds is 5. The number of nitrogens with two attached hydrogens (primary N) is 1. The molecule has 0 spiro atoms. The van der Waals surface area contributed by atoms with Crippen molar-refractivity contribution in [2.75, 3.05) is 55.8 Å². The quantitative estimate of drug-likeness (QED) is 0.547. The number of fused-ring (bicyclic) bond motifs is 1. The molecule has 35 heavy (non-hydrogen) atoms. The summed E-state index contributed by atoms with van der Waals surface area (Å²) >= 11 is 1.49. The minimum absolute atomic E-state index is 0.0478. The summed E-state index contributed by atoms with van der Waals surface area (Å²) in [4.78, 5) is 34.4. The number of thiophene rings is 1. The first kappa shape index (κ1) is 23.1. The molecule has 184 valence electrons. The second kappa shape index (κ2) is 9.55. The van der Waals surface area contributed by atoms with Gasteiger partial charge in [-0.25, -0.2) is 14.8 Å². The van der Waals surface area contributed by atoms with Crippen molar-refractivity contribution in [1.82, 2.24) is 15.0 Å². The maximum Gasteiger partial charge on any atom is 0.430 e. The number of hydrogen-bond donors (Lipinski definition) is 2. The monoisotopic (exact) mass is 497 g/mol. The van der Waals surface area contributed by atoms with Crippen LogP contribution in [0.2, 0.25) is 0 Å². The fourth-order valence-corrected chi connectivity index (χ4v) is 5.01. The summed E-state index contributed by atoms with van der Waals surface area (Å²) in [5.41, 5.74) is 8.45. The Morgan fingerprint density at radius 2 is 2.06 bits per heavy atom. The Morgan fingerprint density at radius 1 is 1.26 bits per heavy atom. The minimum Gasteiger partial charge on any atom is -0.497 e. The number of hydroxylamine groups is 2. The van der Waals surface area contributed by atoms with E-state index in [2.05, 4.69) is 25.2 Å². The van der Waals surface area contributed by atoms with Crippen LogP contribution in [-0.4, -0.2) is 73.0 Å². The molecule has 2 aliphatic heterocycles. The number of piperazine rings is 1. The van der Waals surface area contributed by atoms with Crippen LogP contribution in [0.25, 0.3) is 10.2 Å². The number of benzene rings is 1. The van der Waals surface area contributed by atoms with Gasteiger partial charge in [0, 0.05) is 24.2 Å². The van der Waals surface area contributed by atoms with Crippen LogP contribution in [0.3, 0.4) is 0 Å². The Kier molecular flexibility index (Phi) is 6.31. The van der Waals surface area contributed by atoms with Crippen LogP contribution in [0.5, 0.6) is 5.75 Å². The van der Waals surface area contributed by atoms with E-state index < -0.39 is 6.09 Å². The number of carbonyl (C=O) groups is 1. The van der Waals surface area contributed by atoms with Gasteiger partial charge in [-0.1, -0.05) is 0 Å². The number of ether oxygens (including phenoxy) is 2. The molecule has 1 fully saturated rings. The van der Waals surface area contributed by atoms with E-state index in [4.69, 9.17) is 20.0 Å². The Hall–Kier alpha value is -3.64. The van der Waals surface area contributed by atoms with E-state index >= 15 is 0 Å². The van der Waals surface area contributed by atoms with E-state index in [0.717, 1.165) is 32.9 Å². The maximum atomic E-state index is 12.5. The van der Waals surface area contributed by atoms with E-state index in [-0.39, 0.29) is 12.1 Å². The first-order chi connectivity index (χ1) is 16.9. The number of nitrogen functional groups attached to an aromatic ring is 1. The molecule has 0 bridgehead atoms. The predicted molar refractivity (Wildman–Crippen MR) is 135 cm³/mol. The van der Waals surface area contributed by atoms with E-state index in [1.807, 2.05) is 25.3 Å². The van der Waals surface area contributed by atoms with Crippen molar-refractivity contribution in [3.63, 3.8) is 0 Å². The lowest BCUT2D eigenvalue weighted by Gasteiger charge is -2.34. The molecule has 3 N–H and O–H groups in total. The zero-order valence-corrected chi connectivity index (χ0v) is 20.6. The Bertz CT molecular complexity index is 1290. The number of nitrogens with one attached hydrogen (secondary N) is 1. The molecule has 0 radical (unpaired) electrons. The van der Waals surface area contributed by atoms with Gasteiger partial charge >= 0.3 is 6.09 Å². The van der Waals surface area contributed by atoms with Gasteiger partial charge in [-0.3, -0.25) is 5.32 Å². The summed E-state index contributed by atoms with van der Waals surface area (Å²) in [6.45, 7) is 6.73. The lowest BCUT2D eigenvalue weighted by Crippen LogP contribution is -2.47. The first-order valence-electron chi connectivity index (χ1n) is 11.3. The van der Waals surface area contributed by atoms with E-state index in [1.165, 1.54) is 11.3 Å². The third-order valence-corrected chi connectivity index (χ3v) is 6.76. The molecule has 0 saturated carbocycles. The van der Waals surface area contributed by atoms with Gasteiger partial charge in [-0.15, -0.1) is 16.4 Å². The molecule has 3 aromatic rings. The predicted octanol–water partition coefficient (Wildman–Crippen LogP) is 3.04. The highest BCUT2D eigenvalue weighted by molar-refractivity contribution is 7.17. The molecule has 1 atom stereocenters. The summed E-state index contributed by atoms with van der Waals surface area (Å²) in [5, 5.41) is 7.31. The van der Waals surface area contributed by atoms with Crippen LogP contribution in [0.4, 0.5) is 22.2 Å². The van der Waals surface area contributed by atoms with Gasteiger partial charge in [-0.2, -0.15) is 4.98 Å². The topological polar surface area (TPSA) is 127 Å². The van der Waals surface area contributed by atoms with Crippen molar-refractivity contribution >= 4 is 51.0 Å². The van der Waals surface area contributed by atoms with Gasteiger partial charge in [0.25, 0.3) is 0 Å². The Labute approximate surface area is 206 Å². The van der Waals surface area contributed by atoms with Gasteiger partial charge in [0.15, 0.2) is 0 Å². The number of carbonyl (C=O) groups excluding carboxylic acids is 1. The first-order valence-corrected chi connectivity index (χ1v) is 12.2. The second-order valence-electron chi connectivity index (χ2n) is 8.41. The van der Waals surface area contributed by atoms with Crippen LogP contribution in [0.1, 0.15) is 18.1 Å². The van der Waals surface area contributed by atoms with Crippen LogP contribution in [0.15, 0.2) is 28.6 Å². The number of nitrogens with zero attached hydrogens (tertiary/aromatic N) is 5. The normalized spacial score (nSPS) is 18.3. The Morgan fingerprint density at radius 3 is 2.74 bits per heavy atom. The van der Waals surface area contributed by atoms with Gasteiger partial charge in [-0.05, 0) is 37.6 Å². The number of aliphatic imine (C=N–C) groups is 1. The largest absolute Gasteiger partial charge is 0.497 e. The number of amides is 1. The molecule has 12 heteroatoms. The minimum atomic E-state index is -0.536. The number of methoxy groups -OCH3 is 1. The molecule has 11 nitrogen and oxygen atoms in total. The molecule has 1 aromatic carbocycles. The standard InChI is InChI=1S/C23H27N7O4S/c1-13-10-15(32-3)4-5-17(13)26-23(31)34-30-8-6-29(7-9-30)19-18-16(20-25-11-14(2)33-20)12-35-21(18)28-22(24)27-19/h4-5,10,12,14H,6-9,11H2,1-3H3,(H,26,31)(H2,24,27,28). The van der Waals surface area contributed by atoms with E-state index in [0.29, 0.717) is 44.3 Å². The van der Waals surface area contributed by atoms with Crippen molar-refractivity contribution in [2.45, 2.75) is 20.0 Å². The molecule has 2 aromatic heterocycles. The van der Waals surface area contributed by atoms with Gasteiger partial charge in [0.2, 0.25) is 11.8 Å². The highest BCUT2D eigenvalue weighted by atomic mass is 32.1. The van der Waals surface area contributed by atoms with Crippen LogP contribution >= 0.6 is 11.3 Å². The average Bonchev–Trinajstić information content (AvgIpc) is 3.46. The van der Waals surface area contributed by atoms with E-state index in [9.17, 15) is 4.79 Å². The summed E-state index contributed by atoms with van der Waals surface area (Å²) in [5.74, 6) is 2.31. The van der Waals surface area contributed by atoms with Crippen molar-refractivity contribution in [2.24, 2.45) is 4.99 Å². The van der Waals surface area contributed by atoms with Crippen molar-refractivity contribution in [3.05, 3.63) is 34.7 Å². The number of aryl methyl sites for hydroxylation is 1. The number of hydrogen-bond acceptors (Lipinski definition) is 11. The lowest BCUT2D eigenvalue weighted by atomic mass is 10.2. The number of aromatic nitrogens is 2. The van der Waals surface area contributed by atoms with Crippen LogP contribution < -0.4 is 20.7 Å². The fourth-order valence-electron chi connectivity index (χ4n) is 4.10. The third kappa shape index (κ3) is 4.80. The molecule has 4 heterocycles. The highest BCUT2D eigenvalue weighted by Gasteiger charge is 2.28. The zero-order chi connectivity index (χ0) is 24.5. The third-order valence-electron chi connectivity index (χ3n) is 5.89. The number of anilines is 3. The molecule has 1 saturated heterocycles. The van der Waals surface area contributed by atoms with E-state index in [1.54, 1.807) is 24.3 Å².